The van der Waals surface area contributed by atoms with Gasteiger partial charge in [0, 0.05) is 12.7 Å². The fraction of sp³-hybridized carbons (Fsp3) is 0.562. The third-order valence-corrected chi connectivity index (χ3v) is 4.77. The van der Waals surface area contributed by atoms with Crippen LogP contribution < -0.4 is 10.1 Å². The number of nitrogens with one attached hydrogen (secondary N) is 1. The van der Waals surface area contributed by atoms with Crippen molar-refractivity contribution in [3.8, 4) is 5.75 Å². The monoisotopic (exact) mass is 291 g/mol. The van der Waals surface area contributed by atoms with Gasteiger partial charge in [0.1, 0.15) is 18.2 Å². The van der Waals surface area contributed by atoms with Crippen LogP contribution in [0.4, 0.5) is 10.1 Å². The molecule has 2 aliphatic carbocycles. The SMILES string of the molecule is O=C(Nc1cc(F)ccc1OCC1CCCO1)C12CC1C2. The molecule has 3 aliphatic rings. The van der Waals surface area contributed by atoms with E-state index in [0.29, 0.717) is 24.0 Å². The standard InChI is InChI=1S/C16H18FNO3/c17-11-3-4-14(21-9-12-2-1-5-20-12)13(6-11)18-15(19)16-7-10(16)8-16/h3-4,6,10,12H,1-2,5,7-9H2,(H,18,19). The van der Waals surface area contributed by atoms with E-state index in [1.54, 1.807) is 6.07 Å². The summed E-state index contributed by atoms with van der Waals surface area (Å²) in [5.41, 5.74) is 0.281. The van der Waals surface area contributed by atoms with E-state index in [0.717, 1.165) is 32.3 Å². The summed E-state index contributed by atoms with van der Waals surface area (Å²) in [5.74, 6) is 0.687. The quantitative estimate of drug-likeness (QED) is 0.907. The fourth-order valence-electron chi connectivity index (χ4n) is 3.00. The van der Waals surface area contributed by atoms with Crippen molar-refractivity contribution in [1.82, 2.24) is 0 Å². The van der Waals surface area contributed by atoms with Crippen LogP contribution in [0.5, 0.6) is 5.75 Å². The average Bonchev–Trinajstić information content (AvgIpc) is 3.25. The Hall–Kier alpha value is -1.62. The highest BCUT2D eigenvalue weighted by atomic mass is 19.1. The van der Waals surface area contributed by atoms with E-state index in [9.17, 15) is 9.18 Å². The maximum atomic E-state index is 13.4. The highest BCUT2D eigenvalue weighted by Gasteiger charge is 2.74. The molecule has 3 fully saturated rings. The largest absolute Gasteiger partial charge is 0.489 e. The molecule has 1 aromatic rings. The molecule has 1 aliphatic heterocycles. The Kier molecular flexibility index (Phi) is 2.92. The van der Waals surface area contributed by atoms with Crippen LogP contribution in [0, 0.1) is 17.2 Å². The zero-order valence-electron chi connectivity index (χ0n) is 11.7. The molecule has 0 aromatic heterocycles. The zero-order valence-corrected chi connectivity index (χ0v) is 11.7. The molecule has 0 bridgehead atoms. The van der Waals surface area contributed by atoms with Crippen molar-refractivity contribution in [2.45, 2.75) is 31.8 Å². The molecule has 0 radical (unpaired) electrons. The number of hydrogen-bond donors (Lipinski definition) is 1. The minimum Gasteiger partial charge on any atom is -0.489 e. The number of fused-ring (bicyclic) bond motifs is 1. The smallest absolute Gasteiger partial charge is 0.230 e. The maximum Gasteiger partial charge on any atom is 0.230 e. The molecule has 1 unspecified atom stereocenters. The predicted molar refractivity (Wildman–Crippen MR) is 74.7 cm³/mol. The molecule has 1 aromatic carbocycles. The fourth-order valence-corrected chi connectivity index (χ4v) is 3.00. The van der Waals surface area contributed by atoms with Gasteiger partial charge in [-0.2, -0.15) is 0 Å². The van der Waals surface area contributed by atoms with Crippen LogP contribution in [0.3, 0.4) is 0 Å². The second kappa shape index (κ2) is 4.70. The first-order valence-electron chi connectivity index (χ1n) is 7.53. The van der Waals surface area contributed by atoms with Gasteiger partial charge >= 0.3 is 0 Å². The van der Waals surface area contributed by atoms with Crippen molar-refractivity contribution in [2.75, 3.05) is 18.5 Å². The Labute approximate surface area is 122 Å². The summed E-state index contributed by atoms with van der Waals surface area (Å²) < 4.78 is 24.7. The van der Waals surface area contributed by atoms with Gasteiger partial charge in [-0.1, -0.05) is 0 Å². The van der Waals surface area contributed by atoms with Crippen LogP contribution >= 0.6 is 0 Å². The molecule has 2 saturated carbocycles. The molecule has 21 heavy (non-hydrogen) atoms. The number of halogens is 1. The van der Waals surface area contributed by atoms with Gasteiger partial charge in [0.05, 0.1) is 17.2 Å². The van der Waals surface area contributed by atoms with E-state index >= 15 is 0 Å². The first kappa shape index (κ1) is 13.1. The summed E-state index contributed by atoms with van der Waals surface area (Å²) >= 11 is 0. The third-order valence-electron chi connectivity index (χ3n) is 4.77. The first-order chi connectivity index (χ1) is 10.2. The number of amides is 1. The summed E-state index contributed by atoms with van der Waals surface area (Å²) in [7, 11) is 0. The van der Waals surface area contributed by atoms with Crippen molar-refractivity contribution < 1.29 is 18.7 Å². The lowest BCUT2D eigenvalue weighted by molar-refractivity contribution is -0.119. The normalized spacial score (nSPS) is 32.4. The van der Waals surface area contributed by atoms with Crippen molar-refractivity contribution >= 4 is 11.6 Å². The van der Waals surface area contributed by atoms with Gasteiger partial charge in [-0.25, -0.2) is 4.39 Å². The summed E-state index contributed by atoms with van der Waals surface area (Å²) in [6.45, 7) is 1.20. The van der Waals surface area contributed by atoms with Gasteiger partial charge in [-0.05, 0) is 43.7 Å². The molecular formula is C16H18FNO3. The molecule has 5 heteroatoms. The van der Waals surface area contributed by atoms with Crippen LogP contribution in [0.15, 0.2) is 18.2 Å². The summed E-state index contributed by atoms with van der Waals surface area (Å²) in [4.78, 5) is 12.1. The first-order valence-corrected chi connectivity index (χ1v) is 7.53. The van der Waals surface area contributed by atoms with E-state index < -0.39 is 0 Å². The molecule has 112 valence electrons. The van der Waals surface area contributed by atoms with Crippen molar-refractivity contribution in [2.24, 2.45) is 11.3 Å². The van der Waals surface area contributed by atoms with Gasteiger partial charge < -0.3 is 14.8 Å². The summed E-state index contributed by atoms with van der Waals surface area (Å²) in [6, 6.07) is 4.23. The number of rotatable bonds is 5. The van der Waals surface area contributed by atoms with Crippen LogP contribution in [0.2, 0.25) is 0 Å². The van der Waals surface area contributed by atoms with Crippen LogP contribution in [0.1, 0.15) is 25.7 Å². The molecule has 4 rings (SSSR count). The second-order valence-electron chi connectivity index (χ2n) is 6.30. The summed E-state index contributed by atoms with van der Waals surface area (Å²) in [5, 5.41) is 2.83. The highest BCUT2D eigenvalue weighted by molar-refractivity contribution is 6.01. The number of carbonyl (C=O) groups is 1. The van der Waals surface area contributed by atoms with E-state index in [-0.39, 0.29) is 23.2 Å². The predicted octanol–water partition coefficient (Wildman–Crippen LogP) is 2.73. The van der Waals surface area contributed by atoms with E-state index in [1.165, 1.54) is 12.1 Å². The molecular weight excluding hydrogens is 273 g/mol. The minimum absolute atomic E-state index is 0.0000615. The Bertz CT molecular complexity index is 577. The Morgan fingerprint density at radius 2 is 2.29 bits per heavy atom. The van der Waals surface area contributed by atoms with Gasteiger partial charge in [-0.15, -0.1) is 0 Å². The minimum atomic E-state index is -0.379. The van der Waals surface area contributed by atoms with Gasteiger partial charge in [-0.3, -0.25) is 4.79 Å². The number of carbonyl (C=O) groups excluding carboxylic acids is 1. The Balaban J connectivity index is 1.45. The molecule has 0 spiro atoms. The van der Waals surface area contributed by atoms with Crippen LogP contribution in [0.25, 0.3) is 0 Å². The number of anilines is 1. The lowest BCUT2D eigenvalue weighted by Gasteiger charge is -2.16. The number of ether oxygens (including phenoxy) is 2. The van der Waals surface area contributed by atoms with Gasteiger partial charge in [0.15, 0.2) is 0 Å². The van der Waals surface area contributed by atoms with E-state index in [1.807, 2.05) is 0 Å². The molecule has 1 atom stereocenters. The van der Waals surface area contributed by atoms with Crippen molar-refractivity contribution in [3.05, 3.63) is 24.0 Å². The van der Waals surface area contributed by atoms with Crippen molar-refractivity contribution in [1.29, 1.82) is 0 Å². The van der Waals surface area contributed by atoms with E-state index in [4.69, 9.17) is 9.47 Å². The zero-order chi connectivity index (χ0) is 14.4. The highest BCUT2D eigenvalue weighted by Crippen LogP contribution is 2.75. The molecule has 1 N–H and O–H groups in total. The second-order valence-corrected chi connectivity index (χ2v) is 6.30. The molecule has 1 saturated heterocycles. The van der Waals surface area contributed by atoms with Crippen LogP contribution in [-0.2, 0) is 9.53 Å². The molecule has 1 amide bonds. The third kappa shape index (κ3) is 2.39. The van der Waals surface area contributed by atoms with Crippen molar-refractivity contribution in [3.63, 3.8) is 0 Å². The maximum absolute atomic E-state index is 13.4. The lowest BCUT2D eigenvalue weighted by Crippen LogP contribution is -2.20. The Morgan fingerprint density at radius 3 is 2.95 bits per heavy atom. The molecule has 1 heterocycles. The topological polar surface area (TPSA) is 47.6 Å². The van der Waals surface area contributed by atoms with Gasteiger partial charge in [0.25, 0.3) is 0 Å². The molecule has 4 nitrogen and oxygen atoms in total. The van der Waals surface area contributed by atoms with Crippen LogP contribution in [-0.4, -0.2) is 25.2 Å². The average molecular weight is 291 g/mol. The summed E-state index contributed by atoms with van der Waals surface area (Å²) in [6.07, 6.45) is 4.06. The lowest BCUT2D eigenvalue weighted by atomic mass is 10.2. The number of hydrogen-bond acceptors (Lipinski definition) is 3. The van der Waals surface area contributed by atoms with Gasteiger partial charge in [0.2, 0.25) is 5.91 Å². The van der Waals surface area contributed by atoms with E-state index in [2.05, 4.69) is 5.32 Å². The Morgan fingerprint density at radius 1 is 1.48 bits per heavy atom. The number of benzene rings is 1.